The third-order valence-corrected chi connectivity index (χ3v) is 5.01. The minimum Gasteiger partial charge on any atom is -0.489 e. The van der Waals surface area contributed by atoms with Gasteiger partial charge in [0.05, 0.1) is 29.9 Å². The van der Waals surface area contributed by atoms with Crippen LogP contribution in [0.15, 0.2) is 18.5 Å². The largest absolute Gasteiger partial charge is 0.489 e. The first-order chi connectivity index (χ1) is 12.0. The molecule has 136 valence electrons. The molecule has 2 saturated heterocycles. The Morgan fingerprint density at radius 3 is 2.96 bits per heavy atom. The van der Waals surface area contributed by atoms with Crippen LogP contribution < -0.4 is 10.1 Å². The van der Waals surface area contributed by atoms with Gasteiger partial charge in [0, 0.05) is 38.9 Å². The molecule has 1 aromatic rings. The van der Waals surface area contributed by atoms with Crippen LogP contribution in [0.25, 0.3) is 0 Å². The lowest BCUT2D eigenvalue weighted by atomic mass is 9.73. The molecule has 0 aromatic carbocycles. The maximum Gasteiger partial charge on any atom is 0.255 e. The van der Waals surface area contributed by atoms with Crippen LogP contribution in [0.3, 0.4) is 0 Å². The number of ether oxygens (including phenoxy) is 2. The van der Waals surface area contributed by atoms with E-state index in [1.54, 1.807) is 30.4 Å². The van der Waals surface area contributed by atoms with Crippen molar-refractivity contribution in [2.75, 3.05) is 33.4 Å². The molecule has 0 spiro atoms. The van der Waals surface area contributed by atoms with Crippen molar-refractivity contribution in [2.24, 2.45) is 11.3 Å². The zero-order valence-electron chi connectivity index (χ0n) is 14.9. The molecule has 1 aromatic heterocycles. The zero-order chi connectivity index (χ0) is 18.0. The SMILES string of the molecule is CNC(=O)[C@]12CCOC[C@H]1CN(C(=O)c1cncc(OC(C)C)c1)C2. The lowest BCUT2D eigenvalue weighted by Gasteiger charge is -2.36. The molecule has 3 rings (SSSR count). The Labute approximate surface area is 147 Å². The quantitative estimate of drug-likeness (QED) is 0.882. The van der Waals surface area contributed by atoms with Gasteiger partial charge in [-0.1, -0.05) is 0 Å². The van der Waals surface area contributed by atoms with Crippen molar-refractivity contribution in [2.45, 2.75) is 26.4 Å². The number of aromatic nitrogens is 1. The van der Waals surface area contributed by atoms with Crippen molar-refractivity contribution < 1.29 is 19.1 Å². The second kappa shape index (κ2) is 7.00. The van der Waals surface area contributed by atoms with E-state index in [0.717, 1.165) is 0 Å². The van der Waals surface area contributed by atoms with E-state index in [9.17, 15) is 9.59 Å². The summed E-state index contributed by atoms with van der Waals surface area (Å²) in [7, 11) is 1.64. The van der Waals surface area contributed by atoms with E-state index in [-0.39, 0.29) is 23.8 Å². The fourth-order valence-electron chi connectivity index (χ4n) is 3.78. The first kappa shape index (κ1) is 17.7. The molecule has 25 heavy (non-hydrogen) atoms. The Bertz CT molecular complexity index is 663. The van der Waals surface area contributed by atoms with E-state index in [1.807, 2.05) is 13.8 Å². The van der Waals surface area contributed by atoms with Crippen molar-refractivity contribution >= 4 is 11.8 Å². The first-order valence-electron chi connectivity index (χ1n) is 8.67. The monoisotopic (exact) mass is 347 g/mol. The van der Waals surface area contributed by atoms with Gasteiger partial charge < -0.3 is 19.7 Å². The highest BCUT2D eigenvalue weighted by atomic mass is 16.5. The van der Waals surface area contributed by atoms with Gasteiger partial charge in [0.25, 0.3) is 5.91 Å². The van der Waals surface area contributed by atoms with E-state index in [1.165, 1.54) is 0 Å². The van der Waals surface area contributed by atoms with Crippen molar-refractivity contribution in [3.8, 4) is 5.75 Å². The molecule has 2 fully saturated rings. The normalized spacial score (nSPS) is 25.6. The van der Waals surface area contributed by atoms with Crippen LogP contribution in [0.5, 0.6) is 5.75 Å². The summed E-state index contributed by atoms with van der Waals surface area (Å²) in [5, 5.41) is 2.76. The highest BCUT2D eigenvalue weighted by Crippen LogP contribution is 2.42. The van der Waals surface area contributed by atoms with Crippen molar-refractivity contribution in [3.05, 3.63) is 24.0 Å². The molecule has 0 aliphatic carbocycles. The summed E-state index contributed by atoms with van der Waals surface area (Å²) in [5.41, 5.74) is -0.0768. The number of fused-ring (bicyclic) bond motifs is 1. The third-order valence-electron chi connectivity index (χ3n) is 5.01. The summed E-state index contributed by atoms with van der Waals surface area (Å²) in [6.07, 6.45) is 3.78. The Hall–Kier alpha value is -2.15. The van der Waals surface area contributed by atoms with Gasteiger partial charge in [0.15, 0.2) is 0 Å². The van der Waals surface area contributed by atoms with Crippen molar-refractivity contribution in [1.29, 1.82) is 0 Å². The van der Waals surface area contributed by atoms with Crippen LogP contribution in [0.2, 0.25) is 0 Å². The average Bonchev–Trinajstić information content (AvgIpc) is 3.00. The van der Waals surface area contributed by atoms with Gasteiger partial charge in [-0.3, -0.25) is 14.6 Å². The van der Waals surface area contributed by atoms with Crippen LogP contribution in [-0.4, -0.2) is 61.2 Å². The molecular weight excluding hydrogens is 322 g/mol. The molecule has 2 aliphatic rings. The van der Waals surface area contributed by atoms with E-state index in [2.05, 4.69) is 10.3 Å². The van der Waals surface area contributed by atoms with Crippen LogP contribution >= 0.6 is 0 Å². The Morgan fingerprint density at radius 2 is 2.24 bits per heavy atom. The van der Waals surface area contributed by atoms with E-state index in [0.29, 0.717) is 44.0 Å². The lowest BCUT2D eigenvalue weighted by molar-refractivity contribution is -0.138. The van der Waals surface area contributed by atoms with Crippen LogP contribution in [0, 0.1) is 11.3 Å². The van der Waals surface area contributed by atoms with E-state index < -0.39 is 5.41 Å². The number of amides is 2. The zero-order valence-corrected chi connectivity index (χ0v) is 14.9. The lowest BCUT2D eigenvalue weighted by Crippen LogP contribution is -2.49. The maximum atomic E-state index is 12.9. The number of nitrogens with zero attached hydrogens (tertiary/aromatic N) is 2. The van der Waals surface area contributed by atoms with Crippen LogP contribution in [-0.2, 0) is 9.53 Å². The molecule has 2 aliphatic heterocycles. The van der Waals surface area contributed by atoms with Gasteiger partial charge in [0.2, 0.25) is 5.91 Å². The molecular formula is C18H25N3O4. The second-order valence-corrected chi connectivity index (χ2v) is 7.02. The minimum absolute atomic E-state index is 0.00823. The Kier molecular flexibility index (Phi) is 4.94. The molecule has 7 heteroatoms. The Balaban J connectivity index is 1.81. The number of carbonyl (C=O) groups is 2. The molecule has 2 amide bonds. The standard InChI is InChI=1S/C18H25N3O4/c1-12(2)25-15-6-13(7-20-8-15)16(22)21-9-14-10-24-5-4-18(14,11-21)17(23)19-3/h6-8,12,14H,4-5,9-11H2,1-3H3,(H,19,23)/t14-,18+/m1/s1. The van der Waals surface area contributed by atoms with Crippen molar-refractivity contribution in [1.82, 2.24) is 15.2 Å². The molecule has 0 unspecified atom stereocenters. The molecule has 7 nitrogen and oxygen atoms in total. The predicted molar refractivity (Wildman–Crippen MR) is 91.3 cm³/mol. The molecule has 3 heterocycles. The van der Waals surface area contributed by atoms with E-state index in [4.69, 9.17) is 9.47 Å². The number of pyridine rings is 1. The first-order valence-corrected chi connectivity index (χ1v) is 8.67. The summed E-state index contributed by atoms with van der Waals surface area (Å²) in [6.45, 7) is 5.83. The average molecular weight is 347 g/mol. The number of hydrogen-bond donors (Lipinski definition) is 1. The van der Waals surface area contributed by atoms with Gasteiger partial charge in [0.1, 0.15) is 5.75 Å². The minimum atomic E-state index is -0.553. The van der Waals surface area contributed by atoms with Gasteiger partial charge in [-0.2, -0.15) is 0 Å². The summed E-state index contributed by atoms with van der Waals surface area (Å²) >= 11 is 0. The van der Waals surface area contributed by atoms with Gasteiger partial charge in [-0.05, 0) is 26.3 Å². The van der Waals surface area contributed by atoms with Crippen LogP contribution in [0.1, 0.15) is 30.6 Å². The van der Waals surface area contributed by atoms with Gasteiger partial charge in [-0.15, -0.1) is 0 Å². The summed E-state index contributed by atoms with van der Waals surface area (Å²) < 4.78 is 11.2. The fraction of sp³-hybridized carbons (Fsp3) is 0.611. The maximum absolute atomic E-state index is 12.9. The summed E-state index contributed by atoms with van der Waals surface area (Å²) in [6, 6.07) is 1.71. The van der Waals surface area contributed by atoms with Crippen LogP contribution in [0.4, 0.5) is 0 Å². The number of rotatable bonds is 4. The smallest absolute Gasteiger partial charge is 0.255 e. The van der Waals surface area contributed by atoms with Crippen molar-refractivity contribution in [3.63, 3.8) is 0 Å². The molecule has 0 bridgehead atoms. The fourth-order valence-corrected chi connectivity index (χ4v) is 3.78. The number of nitrogens with one attached hydrogen (secondary N) is 1. The molecule has 1 N–H and O–H groups in total. The number of likely N-dealkylation sites (tertiary alicyclic amines) is 1. The number of carbonyl (C=O) groups excluding carboxylic acids is 2. The molecule has 2 atom stereocenters. The Morgan fingerprint density at radius 1 is 1.44 bits per heavy atom. The van der Waals surface area contributed by atoms with Gasteiger partial charge in [-0.25, -0.2) is 0 Å². The molecule has 0 saturated carbocycles. The highest BCUT2D eigenvalue weighted by molar-refractivity contribution is 5.95. The third kappa shape index (κ3) is 3.33. The predicted octanol–water partition coefficient (Wildman–Crippen LogP) is 1.09. The topological polar surface area (TPSA) is 80.8 Å². The van der Waals surface area contributed by atoms with Gasteiger partial charge >= 0.3 is 0 Å². The van der Waals surface area contributed by atoms with E-state index >= 15 is 0 Å². The second-order valence-electron chi connectivity index (χ2n) is 7.02. The highest BCUT2D eigenvalue weighted by Gasteiger charge is 2.54. The summed E-state index contributed by atoms with van der Waals surface area (Å²) in [5.74, 6) is 0.459. The number of hydrogen-bond acceptors (Lipinski definition) is 5. The molecule has 0 radical (unpaired) electrons. The summed E-state index contributed by atoms with van der Waals surface area (Å²) in [4.78, 5) is 31.3.